The van der Waals surface area contributed by atoms with Crippen LogP contribution in [0, 0.1) is 6.92 Å². The summed E-state index contributed by atoms with van der Waals surface area (Å²) in [5, 5.41) is 4.44. The number of benzene rings is 3. The number of hydrogen-bond donors (Lipinski definition) is 1. The second-order valence-electron chi connectivity index (χ2n) is 6.77. The number of fused-ring (bicyclic) bond motifs is 1. The van der Waals surface area contributed by atoms with Crippen LogP contribution in [0.3, 0.4) is 0 Å². The predicted octanol–water partition coefficient (Wildman–Crippen LogP) is 7.04. The molecule has 3 nitrogen and oxygen atoms in total. The number of anilines is 1. The van der Waals surface area contributed by atoms with Gasteiger partial charge in [-0.3, -0.25) is 4.79 Å². The van der Waals surface area contributed by atoms with Crippen LogP contribution in [-0.4, -0.2) is 16.1 Å². The van der Waals surface area contributed by atoms with Crippen LogP contribution < -0.4 is 5.32 Å². The van der Waals surface area contributed by atoms with Crippen molar-refractivity contribution >= 4 is 56.5 Å². The van der Waals surface area contributed by atoms with Gasteiger partial charge in [0, 0.05) is 21.2 Å². The van der Waals surface area contributed by atoms with Gasteiger partial charge in [-0.1, -0.05) is 17.7 Å². The van der Waals surface area contributed by atoms with Gasteiger partial charge in [0.15, 0.2) is 0 Å². The van der Waals surface area contributed by atoms with Crippen molar-refractivity contribution in [2.75, 3.05) is 5.32 Å². The zero-order valence-electron chi connectivity index (χ0n) is 16.0. The van der Waals surface area contributed by atoms with Gasteiger partial charge in [0.25, 0.3) is 0 Å². The number of rotatable bonds is 5. The minimum Gasteiger partial charge on any atom is -0.325 e. The van der Waals surface area contributed by atoms with Crippen LogP contribution in [0.2, 0.25) is 5.02 Å². The lowest BCUT2D eigenvalue weighted by molar-refractivity contribution is -0.115. The van der Waals surface area contributed by atoms with Crippen molar-refractivity contribution in [3.8, 4) is 10.6 Å². The molecule has 1 atom stereocenters. The van der Waals surface area contributed by atoms with Crippen LogP contribution in [0.5, 0.6) is 0 Å². The smallest absolute Gasteiger partial charge is 0.237 e. The van der Waals surface area contributed by atoms with E-state index in [4.69, 9.17) is 16.6 Å². The van der Waals surface area contributed by atoms with Gasteiger partial charge in [-0.05, 0) is 80.1 Å². The summed E-state index contributed by atoms with van der Waals surface area (Å²) in [6.45, 7) is 3.98. The molecule has 0 bridgehead atoms. The van der Waals surface area contributed by atoms with Gasteiger partial charge in [-0.25, -0.2) is 4.98 Å². The maximum Gasteiger partial charge on any atom is 0.237 e. The van der Waals surface area contributed by atoms with E-state index in [9.17, 15) is 4.79 Å². The molecule has 4 rings (SSSR count). The number of thioether (sulfide) groups is 1. The molecule has 0 aliphatic rings. The fourth-order valence-electron chi connectivity index (χ4n) is 2.87. The molecule has 1 amide bonds. The molecule has 0 unspecified atom stereocenters. The lowest BCUT2D eigenvalue weighted by atomic mass is 10.2. The molecule has 0 aliphatic heterocycles. The monoisotopic (exact) mass is 438 g/mol. The molecule has 29 heavy (non-hydrogen) atoms. The van der Waals surface area contributed by atoms with Crippen molar-refractivity contribution in [2.45, 2.75) is 24.0 Å². The molecule has 146 valence electrons. The predicted molar refractivity (Wildman–Crippen MR) is 125 cm³/mol. The number of halogens is 1. The molecule has 4 aromatic rings. The molecule has 0 saturated carbocycles. The third-order valence-corrected chi connectivity index (χ3v) is 6.87. The molecule has 0 fully saturated rings. The molecule has 1 aromatic heterocycles. The van der Waals surface area contributed by atoms with Gasteiger partial charge in [-0.2, -0.15) is 0 Å². The summed E-state index contributed by atoms with van der Waals surface area (Å²) in [4.78, 5) is 18.2. The van der Waals surface area contributed by atoms with E-state index in [0.29, 0.717) is 5.02 Å². The SMILES string of the molecule is Cc1ccc2nc(-c3ccc(NC(=O)[C@H](C)Sc4ccc(Cl)cc4)cc3)sc2c1. The number of hydrogen-bond acceptors (Lipinski definition) is 4. The molecular weight excluding hydrogens is 420 g/mol. The van der Waals surface area contributed by atoms with Crippen LogP contribution in [0.1, 0.15) is 12.5 Å². The van der Waals surface area contributed by atoms with Gasteiger partial charge in [-0.15, -0.1) is 23.1 Å². The Hall–Kier alpha value is -2.34. The molecule has 6 heteroatoms. The normalized spacial score (nSPS) is 12.1. The van der Waals surface area contributed by atoms with E-state index in [1.807, 2.05) is 55.5 Å². The van der Waals surface area contributed by atoms with Crippen molar-refractivity contribution in [3.63, 3.8) is 0 Å². The Morgan fingerprint density at radius 1 is 1.07 bits per heavy atom. The molecule has 1 N–H and O–H groups in total. The molecule has 0 spiro atoms. The number of aryl methyl sites for hydroxylation is 1. The van der Waals surface area contributed by atoms with Crippen LogP contribution >= 0.6 is 34.7 Å². The molecule has 0 saturated heterocycles. The fourth-order valence-corrected chi connectivity index (χ4v) is 4.93. The van der Waals surface area contributed by atoms with E-state index < -0.39 is 0 Å². The number of nitrogens with zero attached hydrogens (tertiary/aromatic N) is 1. The lowest BCUT2D eigenvalue weighted by Gasteiger charge is -2.12. The van der Waals surface area contributed by atoms with Gasteiger partial charge < -0.3 is 5.32 Å². The van der Waals surface area contributed by atoms with Crippen LogP contribution in [-0.2, 0) is 4.79 Å². The van der Waals surface area contributed by atoms with E-state index in [1.165, 1.54) is 22.0 Å². The number of carbonyl (C=O) groups excluding carboxylic acids is 1. The first-order valence-corrected chi connectivity index (χ1v) is 11.3. The highest BCUT2D eigenvalue weighted by Crippen LogP contribution is 2.31. The molecule has 3 aromatic carbocycles. The summed E-state index contributed by atoms with van der Waals surface area (Å²) < 4.78 is 1.19. The highest BCUT2D eigenvalue weighted by Gasteiger charge is 2.15. The average molecular weight is 439 g/mol. The average Bonchev–Trinajstić information content (AvgIpc) is 3.13. The largest absolute Gasteiger partial charge is 0.325 e. The molecular formula is C23H19ClN2OS2. The number of amides is 1. The summed E-state index contributed by atoms with van der Waals surface area (Å²) >= 11 is 9.10. The van der Waals surface area contributed by atoms with Gasteiger partial charge in [0.2, 0.25) is 5.91 Å². The second-order valence-corrected chi connectivity index (χ2v) is 9.65. The van der Waals surface area contributed by atoms with Crippen LogP contribution in [0.4, 0.5) is 5.69 Å². The quantitative estimate of drug-likeness (QED) is 0.339. The first-order valence-electron chi connectivity index (χ1n) is 9.19. The van der Waals surface area contributed by atoms with E-state index >= 15 is 0 Å². The van der Waals surface area contributed by atoms with Crippen molar-refractivity contribution in [2.24, 2.45) is 0 Å². The van der Waals surface area contributed by atoms with Crippen molar-refractivity contribution in [1.82, 2.24) is 4.98 Å². The third kappa shape index (κ3) is 4.81. The Morgan fingerprint density at radius 2 is 1.79 bits per heavy atom. The van der Waals surface area contributed by atoms with Gasteiger partial charge in [0.05, 0.1) is 15.5 Å². The third-order valence-electron chi connectivity index (χ3n) is 4.44. The Balaban J connectivity index is 1.43. The van der Waals surface area contributed by atoms with Crippen molar-refractivity contribution in [1.29, 1.82) is 0 Å². The number of carbonyl (C=O) groups is 1. The number of nitrogens with one attached hydrogen (secondary N) is 1. The summed E-state index contributed by atoms with van der Waals surface area (Å²) in [5.41, 5.74) is 4.07. The van der Waals surface area contributed by atoms with E-state index in [0.717, 1.165) is 26.7 Å². The van der Waals surface area contributed by atoms with E-state index in [2.05, 4.69) is 30.4 Å². The summed E-state index contributed by atoms with van der Waals surface area (Å²) in [6, 6.07) is 21.6. The van der Waals surface area contributed by atoms with E-state index in [-0.39, 0.29) is 11.2 Å². The maximum absolute atomic E-state index is 12.5. The zero-order valence-corrected chi connectivity index (χ0v) is 18.4. The highest BCUT2D eigenvalue weighted by molar-refractivity contribution is 8.00. The Labute approximate surface area is 183 Å². The first kappa shape index (κ1) is 20.0. The Morgan fingerprint density at radius 3 is 2.52 bits per heavy atom. The van der Waals surface area contributed by atoms with Gasteiger partial charge >= 0.3 is 0 Å². The standard InChI is InChI=1S/C23H19ClN2OS2/c1-14-3-12-20-21(13-14)29-23(26-20)16-4-8-18(9-5-16)25-22(27)15(2)28-19-10-6-17(24)7-11-19/h3-13,15H,1-2H3,(H,25,27)/t15-/m0/s1. The fraction of sp³-hybridized carbons (Fsp3) is 0.130. The Bertz CT molecular complexity index is 1150. The van der Waals surface area contributed by atoms with Crippen LogP contribution in [0.25, 0.3) is 20.8 Å². The van der Waals surface area contributed by atoms with Crippen molar-refractivity contribution in [3.05, 3.63) is 77.3 Å². The van der Waals surface area contributed by atoms with Gasteiger partial charge in [0.1, 0.15) is 5.01 Å². The number of aromatic nitrogens is 1. The minimum atomic E-state index is -0.219. The molecule has 0 radical (unpaired) electrons. The lowest BCUT2D eigenvalue weighted by Crippen LogP contribution is -2.22. The second kappa shape index (κ2) is 8.57. The maximum atomic E-state index is 12.5. The summed E-state index contributed by atoms with van der Waals surface area (Å²) in [5.74, 6) is -0.0341. The molecule has 1 heterocycles. The number of thiazole rings is 1. The first-order chi connectivity index (χ1) is 14.0. The van der Waals surface area contributed by atoms with Crippen molar-refractivity contribution < 1.29 is 4.79 Å². The van der Waals surface area contributed by atoms with Crippen LogP contribution in [0.15, 0.2) is 71.6 Å². The summed E-state index contributed by atoms with van der Waals surface area (Å²) in [7, 11) is 0. The minimum absolute atomic E-state index is 0.0341. The Kier molecular flexibility index (Phi) is 5.90. The van der Waals surface area contributed by atoms with E-state index in [1.54, 1.807) is 11.3 Å². The molecule has 0 aliphatic carbocycles. The zero-order chi connectivity index (χ0) is 20.4. The summed E-state index contributed by atoms with van der Waals surface area (Å²) in [6.07, 6.45) is 0. The highest BCUT2D eigenvalue weighted by atomic mass is 35.5. The topological polar surface area (TPSA) is 42.0 Å².